The van der Waals surface area contributed by atoms with Crippen LogP contribution in [0.4, 0.5) is 8.78 Å². The van der Waals surface area contributed by atoms with Gasteiger partial charge in [0.25, 0.3) is 6.43 Å². The third-order valence-corrected chi connectivity index (χ3v) is 2.16. The third kappa shape index (κ3) is 2.45. The lowest BCUT2D eigenvalue weighted by atomic mass is 10.2. The highest BCUT2D eigenvalue weighted by Gasteiger charge is 2.13. The van der Waals surface area contributed by atoms with Gasteiger partial charge in [0.15, 0.2) is 0 Å². The van der Waals surface area contributed by atoms with Crippen molar-refractivity contribution in [3.63, 3.8) is 0 Å². The molecule has 0 aromatic carbocycles. The van der Waals surface area contributed by atoms with E-state index in [2.05, 4.69) is 20.9 Å². The molecule has 0 saturated carbocycles. The van der Waals surface area contributed by atoms with Crippen LogP contribution < -0.4 is 0 Å². The molecule has 0 bridgehead atoms. The normalized spacial score (nSPS) is 10.8. The quantitative estimate of drug-likeness (QED) is 0.838. The molecule has 1 heterocycles. The summed E-state index contributed by atoms with van der Waals surface area (Å²) < 4.78 is 24.6. The van der Waals surface area contributed by atoms with Crippen LogP contribution in [-0.4, -0.2) is 10.1 Å². The standard InChI is InChI=1S/C8H8BrF2NO/c9-3-5-1-2-6(8(10)11)7(4-13)12-5/h1-2,8,13H,3-4H2. The molecule has 0 radical (unpaired) electrons. The van der Waals surface area contributed by atoms with E-state index >= 15 is 0 Å². The van der Waals surface area contributed by atoms with Gasteiger partial charge >= 0.3 is 0 Å². The Labute approximate surface area is 82.7 Å². The van der Waals surface area contributed by atoms with Gasteiger partial charge in [0.05, 0.1) is 18.0 Å². The summed E-state index contributed by atoms with van der Waals surface area (Å²) in [5.74, 6) is 0. The van der Waals surface area contributed by atoms with E-state index in [1.807, 2.05) is 0 Å². The number of hydrogen-bond acceptors (Lipinski definition) is 2. The Morgan fingerprint density at radius 2 is 2.15 bits per heavy atom. The fourth-order valence-corrected chi connectivity index (χ4v) is 1.27. The first-order chi connectivity index (χ1) is 6.19. The average Bonchev–Trinajstić information content (AvgIpc) is 2.16. The number of alkyl halides is 3. The number of nitrogens with zero attached hydrogens (tertiary/aromatic N) is 1. The predicted octanol–water partition coefficient (Wildman–Crippen LogP) is 2.41. The van der Waals surface area contributed by atoms with Gasteiger partial charge in [-0.05, 0) is 12.1 Å². The van der Waals surface area contributed by atoms with E-state index in [1.165, 1.54) is 12.1 Å². The zero-order valence-corrected chi connectivity index (χ0v) is 8.26. The molecule has 0 fully saturated rings. The summed E-state index contributed by atoms with van der Waals surface area (Å²) >= 11 is 3.15. The van der Waals surface area contributed by atoms with Gasteiger partial charge in [-0.25, -0.2) is 8.78 Å². The molecule has 2 nitrogen and oxygen atoms in total. The summed E-state index contributed by atoms with van der Waals surface area (Å²) in [6, 6.07) is 2.80. The van der Waals surface area contributed by atoms with Gasteiger partial charge in [-0.3, -0.25) is 4.98 Å². The van der Waals surface area contributed by atoms with Crippen molar-refractivity contribution in [1.29, 1.82) is 0 Å². The molecule has 72 valence electrons. The lowest BCUT2D eigenvalue weighted by molar-refractivity contribution is 0.146. The smallest absolute Gasteiger partial charge is 0.265 e. The topological polar surface area (TPSA) is 33.1 Å². The van der Waals surface area contributed by atoms with E-state index in [1.54, 1.807) is 0 Å². The van der Waals surface area contributed by atoms with Gasteiger partial charge in [0.2, 0.25) is 0 Å². The molecule has 1 aromatic heterocycles. The van der Waals surface area contributed by atoms with E-state index in [0.29, 0.717) is 11.0 Å². The molecule has 0 aliphatic rings. The minimum absolute atomic E-state index is 0.0481. The molecule has 0 unspecified atom stereocenters. The summed E-state index contributed by atoms with van der Waals surface area (Å²) in [4.78, 5) is 3.85. The molecular formula is C8H8BrF2NO. The highest BCUT2D eigenvalue weighted by molar-refractivity contribution is 9.08. The van der Waals surface area contributed by atoms with Crippen molar-refractivity contribution < 1.29 is 13.9 Å². The van der Waals surface area contributed by atoms with E-state index < -0.39 is 13.0 Å². The first-order valence-electron chi connectivity index (χ1n) is 3.62. The summed E-state index contributed by atoms with van der Waals surface area (Å²) in [5, 5.41) is 9.27. The molecule has 5 heteroatoms. The average molecular weight is 252 g/mol. The monoisotopic (exact) mass is 251 g/mol. The third-order valence-electron chi connectivity index (χ3n) is 1.59. The van der Waals surface area contributed by atoms with Crippen molar-refractivity contribution in [2.24, 2.45) is 0 Å². The zero-order chi connectivity index (χ0) is 9.84. The lowest BCUT2D eigenvalue weighted by Crippen LogP contribution is -2.00. The van der Waals surface area contributed by atoms with Gasteiger partial charge < -0.3 is 5.11 Å². The van der Waals surface area contributed by atoms with Crippen molar-refractivity contribution in [3.8, 4) is 0 Å². The molecular weight excluding hydrogens is 244 g/mol. The summed E-state index contributed by atoms with van der Waals surface area (Å²) in [7, 11) is 0. The molecule has 13 heavy (non-hydrogen) atoms. The number of halogens is 3. The van der Waals surface area contributed by atoms with E-state index in [0.717, 1.165) is 0 Å². The SMILES string of the molecule is OCc1nc(CBr)ccc1C(F)F. The maximum absolute atomic E-state index is 12.3. The van der Waals surface area contributed by atoms with E-state index in [4.69, 9.17) is 5.11 Å². The Hall–Kier alpha value is -0.550. The Balaban J connectivity index is 3.08. The molecule has 0 amide bonds. The molecule has 0 spiro atoms. The van der Waals surface area contributed by atoms with Crippen molar-refractivity contribution >= 4 is 15.9 Å². The zero-order valence-electron chi connectivity index (χ0n) is 6.67. The second-order valence-corrected chi connectivity index (χ2v) is 2.99. The highest BCUT2D eigenvalue weighted by Crippen LogP contribution is 2.22. The van der Waals surface area contributed by atoms with Gasteiger partial charge in [-0.1, -0.05) is 15.9 Å². The fraction of sp³-hybridized carbons (Fsp3) is 0.375. The second-order valence-electron chi connectivity index (χ2n) is 2.43. The lowest BCUT2D eigenvalue weighted by Gasteiger charge is -2.06. The van der Waals surface area contributed by atoms with Crippen LogP contribution in [-0.2, 0) is 11.9 Å². The molecule has 0 atom stereocenters. The van der Waals surface area contributed by atoms with Crippen molar-refractivity contribution in [1.82, 2.24) is 4.98 Å². The van der Waals surface area contributed by atoms with Crippen molar-refractivity contribution in [3.05, 3.63) is 29.1 Å². The van der Waals surface area contributed by atoms with Crippen LogP contribution in [0.5, 0.6) is 0 Å². The maximum Gasteiger partial charge on any atom is 0.265 e. The van der Waals surface area contributed by atoms with Crippen LogP contribution in [0.1, 0.15) is 23.4 Å². The van der Waals surface area contributed by atoms with Crippen molar-refractivity contribution in [2.75, 3.05) is 0 Å². The number of pyridine rings is 1. The van der Waals surface area contributed by atoms with Crippen LogP contribution in [0.2, 0.25) is 0 Å². The fourth-order valence-electron chi connectivity index (χ4n) is 0.957. The predicted molar refractivity (Wildman–Crippen MR) is 47.7 cm³/mol. The minimum atomic E-state index is -2.58. The molecule has 0 aliphatic heterocycles. The number of rotatable bonds is 3. The van der Waals surface area contributed by atoms with Crippen LogP contribution in [0, 0.1) is 0 Å². The Morgan fingerprint density at radius 3 is 2.62 bits per heavy atom. The van der Waals surface area contributed by atoms with E-state index in [9.17, 15) is 8.78 Å². The number of hydrogen-bond donors (Lipinski definition) is 1. The van der Waals surface area contributed by atoms with Gasteiger partial charge in [-0.2, -0.15) is 0 Å². The Bertz CT molecular complexity index is 293. The Morgan fingerprint density at radius 1 is 1.46 bits per heavy atom. The summed E-state index contributed by atoms with van der Waals surface area (Å²) in [5.41, 5.74) is 0.479. The van der Waals surface area contributed by atoms with Gasteiger partial charge in [0.1, 0.15) is 0 Å². The van der Waals surface area contributed by atoms with Gasteiger partial charge in [0, 0.05) is 10.9 Å². The number of aliphatic hydroxyl groups excluding tert-OH is 1. The Kier molecular flexibility index (Phi) is 3.74. The van der Waals surface area contributed by atoms with Crippen molar-refractivity contribution in [2.45, 2.75) is 18.4 Å². The van der Waals surface area contributed by atoms with E-state index in [-0.39, 0.29) is 11.3 Å². The molecule has 1 N–H and O–H groups in total. The molecule has 0 aliphatic carbocycles. The first-order valence-corrected chi connectivity index (χ1v) is 4.75. The maximum atomic E-state index is 12.3. The summed E-state index contributed by atoms with van der Waals surface area (Å²) in [6.07, 6.45) is -2.58. The van der Waals surface area contributed by atoms with Crippen LogP contribution in [0.15, 0.2) is 12.1 Å². The number of aliphatic hydroxyl groups is 1. The van der Waals surface area contributed by atoms with Gasteiger partial charge in [-0.15, -0.1) is 0 Å². The number of aromatic nitrogens is 1. The summed E-state index contributed by atoms with van der Waals surface area (Å²) in [6.45, 7) is -0.458. The molecule has 1 aromatic rings. The van der Waals surface area contributed by atoms with Crippen LogP contribution >= 0.6 is 15.9 Å². The van der Waals surface area contributed by atoms with Crippen LogP contribution in [0.3, 0.4) is 0 Å². The first kappa shape index (κ1) is 10.5. The molecule has 0 saturated heterocycles. The highest BCUT2D eigenvalue weighted by atomic mass is 79.9. The largest absolute Gasteiger partial charge is 0.390 e. The minimum Gasteiger partial charge on any atom is -0.390 e. The van der Waals surface area contributed by atoms with Crippen LogP contribution in [0.25, 0.3) is 0 Å². The second kappa shape index (κ2) is 4.62. The molecule has 1 rings (SSSR count).